The van der Waals surface area contributed by atoms with E-state index in [-0.39, 0.29) is 32.5 Å². The minimum absolute atomic E-state index is 0.00848. The van der Waals surface area contributed by atoms with Crippen LogP contribution >= 0.6 is 35.4 Å². The fourth-order valence-corrected chi connectivity index (χ4v) is 2.74. The van der Waals surface area contributed by atoms with Crippen molar-refractivity contribution in [2.45, 2.75) is 26.2 Å². The Morgan fingerprint density at radius 2 is 1.92 bits per heavy atom. The van der Waals surface area contributed by atoms with Gasteiger partial charge in [0.15, 0.2) is 16.7 Å². The monoisotopic (exact) mass is 406 g/mol. The van der Waals surface area contributed by atoms with Crippen molar-refractivity contribution in [3.8, 4) is 11.4 Å². The summed E-state index contributed by atoms with van der Waals surface area (Å²) in [6.45, 7) is 5.47. The summed E-state index contributed by atoms with van der Waals surface area (Å²) in [5, 5.41) is 0.120. The van der Waals surface area contributed by atoms with Crippen LogP contribution in [0.5, 0.6) is 5.75 Å². The second-order valence-electron chi connectivity index (χ2n) is 6.57. The van der Waals surface area contributed by atoms with Crippen molar-refractivity contribution in [1.82, 2.24) is 9.47 Å². The van der Waals surface area contributed by atoms with Crippen LogP contribution < -0.4 is 10.5 Å². The van der Waals surface area contributed by atoms with Crippen molar-refractivity contribution in [2.24, 2.45) is 0 Å². The van der Waals surface area contributed by atoms with Crippen molar-refractivity contribution in [1.29, 1.82) is 0 Å². The summed E-state index contributed by atoms with van der Waals surface area (Å²) in [7, 11) is 3.38. The molecule has 0 atom stereocenters. The van der Waals surface area contributed by atoms with E-state index in [0.29, 0.717) is 0 Å². The molecular weight excluding hydrogens is 390 g/mol. The van der Waals surface area contributed by atoms with Crippen LogP contribution in [-0.4, -0.2) is 28.7 Å². The van der Waals surface area contributed by atoms with Crippen LogP contribution in [0.2, 0.25) is 10.2 Å². The summed E-state index contributed by atoms with van der Waals surface area (Å²) in [6, 6.07) is 2.28. The Hall–Kier alpha value is -1.57. The summed E-state index contributed by atoms with van der Waals surface area (Å²) >= 11 is 17.3. The third kappa shape index (κ3) is 3.99. The van der Waals surface area contributed by atoms with Gasteiger partial charge in [-0.2, -0.15) is 0 Å². The molecule has 0 bridgehead atoms. The number of aromatic nitrogens is 1. The molecule has 0 aliphatic carbocycles. The standard InChI is InChI=1S/C16H17Cl2FN2O3S/c1-16(2,3)12-13(18)21(14(22)24-12)10-7-11(8(17)6-9(10)19)23-15(25)20(4)5/h6-7H,1-5H3. The molecule has 25 heavy (non-hydrogen) atoms. The van der Waals surface area contributed by atoms with E-state index in [4.69, 9.17) is 44.6 Å². The fourth-order valence-electron chi connectivity index (χ4n) is 1.98. The summed E-state index contributed by atoms with van der Waals surface area (Å²) in [4.78, 5) is 13.8. The van der Waals surface area contributed by atoms with Gasteiger partial charge in [0.25, 0.3) is 5.17 Å². The van der Waals surface area contributed by atoms with Gasteiger partial charge in [-0.3, -0.25) is 0 Å². The lowest BCUT2D eigenvalue weighted by Gasteiger charge is -2.16. The number of ether oxygens (including phenoxy) is 1. The van der Waals surface area contributed by atoms with Crippen LogP contribution in [0.1, 0.15) is 26.5 Å². The first-order chi connectivity index (χ1) is 11.4. The molecule has 0 saturated carbocycles. The Morgan fingerprint density at radius 1 is 1.32 bits per heavy atom. The first-order valence-electron chi connectivity index (χ1n) is 7.24. The maximum atomic E-state index is 14.4. The summed E-state index contributed by atoms with van der Waals surface area (Å²) in [5.41, 5.74) is -0.675. The van der Waals surface area contributed by atoms with Crippen molar-refractivity contribution in [3.05, 3.63) is 44.4 Å². The fraction of sp³-hybridized carbons (Fsp3) is 0.375. The molecule has 0 spiro atoms. The van der Waals surface area contributed by atoms with Gasteiger partial charge in [-0.1, -0.05) is 44.0 Å². The Morgan fingerprint density at radius 3 is 2.40 bits per heavy atom. The highest BCUT2D eigenvalue weighted by Gasteiger charge is 2.28. The number of halogens is 3. The molecule has 1 aromatic carbocycles. The molecule has 0 N–H and O–H groups in total. The largest absolute Gasteiger partial charge is 0.430 e. The van der Waals surface area contributed by atoms with Crippen LogP contribution in [-0.2, 0) is 5.41 Å². The SMILES string of the molecule is CN(C)C(=S)Oc1cc(-n2c(Cl)c(C(C)(C)C)oc2=O)c(F)cc1Cl. The van der Waals surface area contributed by atoms with E-state index in [1.807, 2.05) is 20.8 Å². The van der Waals surface area contributed by atoms with E-state index >= 15 is 0 Å². The third-order valence-corrected chi connectivity index (χ3v) is 4.33. The molecule has 0 fully saturated rings. The van der Waals surface area contributed by atoms with Crippen LogP contribution in [0.25, 0.3) is 5.69 Å². The van der Waals surface area contributed by atoms with E-state index in [0.717, 1.165) is 10.6 Å². The lowest BCUT2D eigenvalue weighted by atomic mass is 9.94. The zero-order valence-corrected chi connectivity index (χ0v) is 16.6. The minimum atomic E-state index is -0.808. The molecular formula is C16H17Cl2FN2O3S. The van der Waals surface area contributed by atoms with Crippen molar-refractivity contribution in [2.75, 3.05) is 14.1 Å². The van der Waals surface area contributed by atoms with Gasteiger partial charge >= 0.3 is 5.76 Å². The van der Waals surface area contributed by atoms with Gasteiger partial charge in [-0.25, -0.2) is 13.8 Å². The molecule has 2 aromatic rings. The Balaban J connectivity index is 2.63. The molecule has 0 aliphatic rings. The zero-order chi connectivity index (χ0) is 19.1. The predicted octanol–water partition coefficient (Wildman–Crippen LogP) is 4.40. The Bertz CT molecular complexity index is 885. The molecule has 2 rings (SSSR count). The highest BCUT2D eigenvalue weighted by atomic mass is 35.5. The Labute approximate surface area is 159 Å². The molecule has 136 valence electrons. The molecule has 0 aliphatic heterocycles. The van der Waals surface area contributed by atoms with E-state index in [1.165, 1.54) is 6.07 Å². The molecule has 1 aromatic heterocycles. The second kappa shape index (κ2) is 6.97. The lowest BCUT2D eigenvalue weighted by Crippen LogP contribution is -2.25. The van der Waals surface area contributed by atoms with Crippen molar-refractivity contribution < 1.29 is 13.5 Å². The number of hydrogen-bond donors (Lipinski definition) is 0. The molecule has 9 heteroatoms. The predicted molar refractivity (Wildman–Crippen MR) is 99.9 cm³/mol. The maximum absolute atomic E-state index is 14.4. The first-order valence-corrected chi connectivity index (χ1v) is 8.40. The normalized spacial score (nSPS) is 11.5. The second-order valence-corrected chi connectivity index (χ2v) is 7.68. The van der Waals surface area contributed by atoms with Crippen LogP contribution in [0.15, 0.2) is 21.3 Å². The summed E-state index contributed by atoms with van der Waals surface area (Å²) in [5.74, 6) is -1.21. The number of nitrogens with zero attached hydrogens (tertiary/aromatic N) is 2. The van der Waals surface area contributed by atoms with E-state index < -0.39 is 17.0 Å². The van der Waals surface area contributed by atoms with Gasteiger partial charge in [0.1, 0.15) is 5.82 Å². The lowest BCUT2D eigenvalue weighted by molar-refractivity contribution is 0.385. The van der Waals surface area contributed by atoms with E-state index in [1.54, 1.807) is 19.0 Å². The molecule has 0 unspecified atom stereocenters. The molecule has 0 amide bonds. The first kappa shape index (κ1) is 19.8. The average Bonchev–Trinajstić information content (AvgIpc) is 2.77. The van der Waals surface area contributed by atoms with Gasteiger partial charge in [0.05, 0.1) is 10.7 Å². The summed E-state index contributed by atoms with van der Waals surface area (Å²) in [6.07, 6.45) is 0. The van der Waals surface area contributed by atoms with Crippen molar-refractivity contribution in [3.63, 3.8) is 0 Å². The van der Waals surface area contributed by atoms with Crippen LogP contribution in [0, 0.1) is 5.82 Å². The summed E-state index contributed by atoms with van der Waals surface area (Å²) < 4.78 is 26.0. The number of oxazole rings is 1. The van der Waals surface area contributed by atoms with Gasteiger partial charge in [0.2, 0.25) is 0 Å². The van der Waals surface area contributed by atoms with E-state index in [2.05, 4.69) is 0 Å². The highest BCUT2D eigenvalue weighted by Crippen LogP contribution is 2.34. The molecule has 0 radical (unpaired) electrons. The number of hydrogen-bond acceptors (Lipinski definition) is 4. The van der Waals surface area contributed by atoms with Gasteiger partial charge in [-0.05, 0) is 18.3 Å². The van der Waals surface area contributed by atoms with Gasteiger partial charge in [0, 0.05) is 25.6 Å². The number of rotatable bonds is 2. The van der Waals surface area contributed by atoms with Gasteiger partial charge < -0.3 is 14.1 Å². The molecule has 0 saturated heterocycles. The molecule has 1 heterocycles. The highest BCUT2D eigenvalue weighted by molar-refractivity contribution is 7.80. The van der Waals surface area contributed by atoms with Crippen molar-refractivity contribution >= 4 is 40.6 Å². The van der Waals surface area contributed by atoms with Crippen LogP contribution in [0.3, 0.4) is 0 Å². The smallest absolute Gasteiger partial charge is 0.425 e. The quantitative estimate of drug-likeness (QED) is 0.691. The minimum Gasteiger partial charge on any atom is -0.430 e. The maximum Gasteiger partial charge on any atom is 0.425 e. The van der Waals surface area contributed by atoms with Gasteiger partial charge in [-0.15, -0.1) is 0 Å². The molecule has 5 nitrogen and oxygen atoms in total. The van der Waals surface area contributed by atoms with Crippen LogP contribution in [0.4, 0.5) is 4.39 Å². The topological polar surface area (TPSA) is 47.6 Å². The van der Waals surface area contributed by atoms with E-state index in [9.17, 15) is 9.18 Å². The zero-order valence-electron chi connectivity index (χ0n) is 14.3. The number of benzene rings is 1. The average molecular weight is 407 g/mol. The Kier molecular flexibility index (Phi) is 5.51. The third-order valence-electron chi connectivity index (χ3n) is 3.24. The number of thiocarbonyl (C=S) groups is 1.